The van der Waals surface area contributed by atoms with Crippen LogP contribution in [-0.4, -0.2) is 22.9 Å². The SMILES string of the molecule is CC1CCCCC1CNCCn1cccn1. The molecule has 16 heavy (non-hydrogen) atoms. The smallest absolute Gasteiger partial charge is 0.0533 e. The minimum atomic E-state index is 0.895. The van der Waals surface area contributed by atoms with Crippen molar-refractivity contribution in [3.63, 3.8) is 0 Å². The van der Waals surface area contributed by atoms with Gasteiger partial charge in [-0.25, -0.2) is 0 Å². The van der Waals surface area contributed by atoms with Crippen LogP contribution in [-0.2, 0) is 6.54 Å². The van der Waals surface area contributed by atoms with Crippen molar-refractivity contribution in [1.29, 1.82) is 0 Å². The van der Waals surface area contributed by atoms with Gasteiger partial charge in [-0.15, -0.1) is 0 Å². The summed E-state index contributed by atoms with van der Waals surface area (Å²) >= 11 is 0. The number of hydrogen-bond donors (Lipinski definition) is 1. The fourth-order valence-corrected chi connectivity index (χ4v) is 2.61. The first kappa shape index (κ1) is 11.6. The van der Waals surface area contributed by atoms with Crippen LogP contribution in [0.5, 0.6) is 0 Å². The minimum absolute atomic E-state index is 0.895. The first-order valence-corrected chi connectivity index (χ1v) is 6.54. The zero-order valence-corrected chi connectivity index (χ0v) is 10.2. The molecule has 1 aliphatic rings. The second kappa shape index (κ2) is 6.04. The molecule has 1 heterocycles. The van der Waals surface area contributed by atoms with Gasteiger partial charge in [0, 0.05) is 18.9 Å². The zero-order valence-electron chi connectivity index (χ0n) is 10.2. The van der Waals surface area contributed by atoms with Gasteiger partial charge < -0.3 is 5.32 Å². The summed E-state index contributed by atoms with van der Waals surface area (Å²) in [7, 11) is 0. The van der Waals surface area contributed by atoms with Crippen LogP contribution in [0.15, 0.2) is 18.5 Å². The Kier molecular flexibility index (Phi) is 4.40. The molecular weight excluding hydrogens is 198 g/mol. The normalized spacial score (nSPS) is 25.8. The molecule has 0 aliphatic heterocycles. The molecule has 2 rings (SSSR count). The van der Waals surface area contributed by atoms with Gasteiger partial charge in [0.15, 0.2) is 0 Å². The molecule has 1 aromatic rings. The summed E-state index contributed by atoms with van der Waals surface area (Å²) in [5.41, 5.74) is 0. The lowest BCUT2D eigenvalue weighted by molar-refractivity contribution is 0.247. The van der Waals surface area contributed by atoms with E-state index in [0.717, 1.165) is 24.9 Å². The van der Waals surface area contributed by atoms with Crippen molar-refractivity contribution in [3.05, 3.63) is 18.5 Å². The van der Waals surface area contributed by atoms with Gasteiger partial charge in [-0.3, -0.25) is 4.68 Å². The van der Waals surface area contributed by atoms with Crippen LogP contribution >= 0.6 is 0 Å². The number of rotatable bonds is 5. The maximum Gasteiger partial charge on any atom is 0.0533 e. The van der Waals surface area contributed by atoms with Gasteiger partial charge in [0.25, 0.3) is 0 Å². The fraction of sp³-hybridized carbons (Fsp3) is 0.769. The third-order valence-corrected chi connectivity index (χ3v) is 3.77. The third-order valence-electron chi connectivity index (χ3n) is 3.77. The highest BCUT2D eigenvalue weighted by atomic mass is 15.3. The zero-order chi connectivity index (χ0) is 11.2. The molecule has 0 amide bonds. The lowest BCUT2D eigenvalue weighted by atomic mass is 9.80. The van der Waals surface area contributed by atoms with E-state index < -0.39 is 0 Å². The summed E-state index contributed by atoms with van der Waals surface area (Å²) in [5.74, 6) is 1.80. The Hall–Kier alpha value is -0.830. The molecule has 90 valence electrons. The molecule has 2 atom stereocenters. The molecule has 1 aromatic heterocycles. The standard InChI is InChI=1S/C13H23N3/c1-12-5-2-3-6-13(12)11-14-8-10-16-9-4-7-15-16/h4,7,9,12-14H,2-3,5-6,8,10-11H2,1H3. The first-order valence-electron chi connectivity index (χ1n) is 6.54. The van der Waals surface area contributed by atoms with E-state index in [0.29, 0.717) is 0 Å². The van der Waals surface area contributed by atoms with Gasteiger partial charge in [-0.2, -0.15) is 5.10 Å². The number of aromatic nitrogens is 2. The van der Waals surface area contributed by atoms with Gasteiger partial charge in [0.2, 0.25) is 0 Å². The Morgan fingerprint density at radius 1 is 1.38 bits per heavy atom. The van der Waals surface area contributed by atoms with E-state index >= 15 is 0 Å². The van der Waals surface area contributed by atoms with E-state index in [4.69, 9.17) is 0 Å². The lowest BCUT2D eigenvalue weighted by Crippen LogP contribution is -2.31. The molecular formula is C13H23N3. The Bertz CT molecular complexity index is 281. The summed E-state index contributed by atoms with van der Waals surface area (Å²) < 4.78 is 1.98. The van der Waals surface area contributed by atoms with Crippen molar-refractivity contribution >= 4 is 0 Å². The van der Waals surface area contributed by atoms with E-state index in [-0.39, 0.29) is 0 Å². The first-order chi connectivity index (χ1) is 7.86. The van der Waals surface area contributed by atoms with E-state index in [2.05, 4.69) is 17.3 Å². The average Bonchev–Trinajstić information content (AvgIpc) is 2.79. The van der Waals surface area contributed by atoms with E-state index in [1.54, 1.807) is 0 Å². The molecule has 1 N–H and O–H groups in total. The van der Waals surface area contributed by atoms with Crippen molar-refractivity contribution in [2.24, 2.45) is 11.8 Å². The van der Waals surface area contributed by atoms with Crippen LogP contribution in [0.1, 0.15) is 32.6 Å². The Balaban J connectivity index is 1.60. The van der Waals surface area contributed by atoms with E-state index in [9.17, 15) is 0 Å². The van der Waals surface area contributed by atoms with Gasteiger partial charge in [-0.05, 0) is 30.9 Å². The highest BCUT2D eigenvalue weighted by molar-refractivity contribution is 4.78. The van der Waals surface area contributed by atoms with Crippen LogP contribution in [0.25, 0.3) is 0 Å². The summed E-state index contributed by atoms with van der Waals surface area (Å²) in [5, 5.41) is 7.76. The predicted octanol–water partition coefficient (Wildman–Crippen LogP) is 2.30. The quantitative estimate of drug-likeness (QED) is 0.773. The van der Waals surface area contributed by atoms with Crippen molar-refractivity contribution in [2.45, 2.75) is 39.2 Å². The third kappa shape index (κ3) is 3.34. The summed E-state index contributed by atoms with van der Waals surface area (Å²) in [4.78, 5) is 0. The molecule has 0 bridgehead atoms. The molecule has 0 radical (unpaired) electrons. The van der Waals surface area contributed by atoms with E-state index in [1.165, 1.54) is 32.2 Å². The molecule has 1 aliphatic carbocycles. The minimum Gasteiger partial charge on any atom is -0.315 e. The van der Waals surface area contributed by atoms with Crippen molar-refractivity contribution in [2.75, 3.05) is 13.1 Å². The van der Waals surface area contributed by atoms with Crippen molar-refractivity contribution in [1.82, 2.24) is 15.1 Å². The van der Waals surface area contributed by atoms with Crippen LogP contribution in [0.3, 0.4) is 0 Å². The monoisotopic (exact) mass is 221 g/mol. The van der Waals surface area contributed by atoms with Gasteiger partial charge in [0.1, 0.15) is 0 Å². The van der Waals surface area contributed by atoms with Crippen molar-refractivity contribution in [3.8, 4) is 0 Å². The van der Waals surface area contributed by atoms with Crippen LogP contribution in [0, 0.1) is 11.8 Å². The molecule has 0 aromatic carbocycles. The second-order valence-corrected chi connectivity index (χ2v) is 5.00. The second-order valence-electron chi connectivity index (χ2n) is 5.00. The number of nitrogens with one attached hydrogen (secondary N) is 1. The highest BCUT2D eigenvalue weighted by Gasteiger charge is 2.20. The summed E-state index contributed by atoms with van der Waals surface area (Å²) in [6.45, 7) is 5.60. The Morgan fingerprint density at radius 2 is 2.25 bits per heavy atom. The van der Waals surface area contributed by atoms with Gasteiger partial charge >= 0.3 is 0 Å². The van der Waals surface area contributed by atoms with E-state index in [1.807, 2.05) is 23.1 Å². The van der Waals surface area contributed by atoms with Crippen LogP contribution in [0.2, 0.25) is 0 Å². The van der Waals surface area contributed by atoms with Gasteiger partial charge in [0.05, 0.1) is 6.54 Å². The molecule has 0 saturated heterocycles. The molecule has 3 nitrogen and oxygen atoms in total. The van der Waals surface area contributed by atoms with Crippen molar-refractivity contribution < 1.29 is 0 Å². The van der Waals surface area contributed by atoms with Crippen LogP contribution < -0.4 is 5.32 Å². The Morgan fingerprint density at radius 3 is 3.00 bits per heavy atom. The molecule has 2 unspecified atom stereocenters. The van der Waals surface area contributed by atoms with Gasteiger partial charge in [-0.1, -0.05) is 26.2 Å². The topological polar surface area (TPSA) is 29.9 Å². The van der Waals surface area contributed by atoms with Crippen LogP contribution in [0.4, 0.5) is 0 Å². The Labute approximate surface area is 98.2 Å². The predicted molar refractivity (Wildman–Crippen MR) is 66.2 cm³/mol. The maximum absolute atomic E-state index is 4.19. The number of hydrogen-bond acceptors (Lipinski definition) is 2. The lowest BCUT2D eigenvalue weighted by Gasteiger charge is -2.28. The molecule has 3 heteroatoms. The molecule has 1 saturated carbocycles. The largest absolute Gasteiger partial charge is 0.315 e. The maximum atomic E-state index is 4.19. The average molecular weight is 221 g/mol. The summed E-state index contributed by atoms with van der Waals surface area (Å²) in [6, 6.07) is 1.98. The number of nitrogens with zero attached hydrogens (tertiary/aromatic N) is 2. The summed E-state index contributed by atoms with van der Waals surface area (Å²) in [6.07, 6.45) is 9.55. The fourth-order valence-electron chi connectivity index (χ4n) is 2.61. The highest BCUT2D eigenvalue weighted by Crippen LogP contribution is 2.28. The molecule has 1 fully saturated rings. The molecule has 0 spiro atoms.